The lowest BCUT2D eigenvalue weighted by Crippen LogP contribution is -2.31. The summed E-state index contributed by atoms with van der Waals surface area (Å²) >= 11 is 0. The van der Waals surface area contributed by atoms with Crippen LogP contribution in [0, 0.1) is 0 Å². The Labute approximate surface area is 168 Å². The fraction of sp³-hybridized carbons (Fsp3) is 0.400. The molecule has 160 valence electrons. The molecule has 0 aromatic heterocycles. The van der Waals surface area contributed by atoms with Crippen LogP contribution in [0.3, 0.4) is 0 Å². The zero-order chi connectivity index (χ0) is 21.8. The second-order valence-corrected chi connectivity index (χ2v) is 6.01. The van der Waals surface area contributed by atoms with E-state index in [0.29, 0.717) is 10.8 Å². The van der Waals surface area contributed by atoms with Gasteiger partial charge in [-0.15, -0.1) is 0 Å². The largest absolute Gasteiger partial charge is 0.507 e. The van der Waals surface area contributed by atoms with Gasteiger partial charge in [0, 0.05) is 24.6 Å². The number of fused-ring (bicyclic) bond motifs is 1. The molecule has 0 saturated heterocycles. The van der Waals surface area contributed by atoms with Crippen molar-refractivity contribution in [1.29, 1.82) is 0 Å². The molecular formula is C20H26O9. The second kappa shape index (κ2) is 12.6. The number of hydrogen-bond acceptors (Lipinski definition) is 9. The summed E-state index contributed by atoms with van der Waals surface area (Å²) in [7, 11) is 0. The van der Waals surface area contributed by atoms with E-state index >= 15 is 0 Å². The summed E-state index contributed by atoms with van der Waals surface area (Å²) in [5.41, 5.74) is 0. The van der Waals surface area contributed by atoms with Crippen molar-refractivity contribution in [3.8, 4) is 11.5 Å². The molecule has 0 aliphatic carbocycles. The Kier molecular flexibility index (Phi) is 10.5. The van der Waals surface area contributed by atoms with Crippen LogP contribution in [0.5, 0.6) is 11.5 Å². The third-order valence-corrected chi connectivity index (χ3v) is 3.56. The number of rotatable bonds is 8. The molecule has 0 spiro atoms. The monoisotopic (exact) mass is 410 g/mol. The highest BCUT2D eigenvalue weighted by Gasteiger charge is 2.15. The molecule has 2 rings (SSSR count). The van der Waals surface area contributed by atoms with Crippen molar-refractivity contribution in [2.45, 2.75) is 26.1 Å². The van der Waals surface area contributed by atoms with Crippen molar-refractivity contribution in [1.82, 2.24) is 0 Å². The van der Waals surface area contributed by atoms with Crippen LogP contribution in [0.25, 0.3) is 10.8 Å². The maximum absolute atomic E-state index is 10.6. The van der Waals surface area contributed by atoms with Crippen LogP contribution in [0.4, 0.5) is 0 Å². The summed E-state index contributed by atoms with van der Waals surface area (Å²) in [5, 5.41) is 37.8. The molecule has 9 nitrogen and oxygen atoms in total. The average molecular weight is 410 g/mol. The Hall–Kier alpha value is -2.88. The van der Waals surface area contributed by atoms with E-state index in [0.717, 1.165) is 0 Å². The van der Waals surface area contributed by atoms with Crippen LogP contribution >= 0.6 is 0 Å². The van der Waals surface area contributed by atoms with Crippen LogP contribution in [-0.4, -0.2) is 71.0 Å². The minimum atomic E-state index is -0.760. The first-order valence-electron chi connectivity index (χ1n) is 8.82. The second-order valence-electron chi connectivity index (χ2n) is 6.01. The van der Waals surface area contributed by atoms with Crippen LogP contribution < -0.4 is 0 Å². The van der Waals surface area contributed by atoms with Crippen LogP contribution in [0.15, 0.2) is 36.4 Å². The number of aliphatic hydroxyl groups is 2. The summed E-state index contributed by atoms with van der Waals surface area (Å²) in [6.45, 7) is 1.64. The number of phenolic OH excluding ortho intramolecular Hbond substituents is 2. The molecular weight excluding hydrogens is 384 g/mol. The summed E-state index contributed by atoms with van der Waals surface area (Å²) in [4.78, 5) is 21.2. The van der Waals surface area contributed by atoms with Crippen molar-refractivity contribution in [3.63, 3.8) is 0 Å². The highest BCUT2D eigenvalue weighted by molar-refractivity contribution is 5.92. The minimum absolute atomic E-state index is 0.0339. The van der Waals surface area contributed by atoms with Crippen molar-refractivity contribution in [2.24, 2.45) is 0 Å². The topological polar surface area (TPSA) is 143 Å². The molecule has 9 heteroatoms. The summed E-state index contributed by atoms with van der Waals surface area (Å²) < 4.78 is 14.5. The molecule has 2 aromatic rings. The lowest BCUT2D eigenvalue weighted by atomic mass is 10.1. The fourth-order valence-corrected chi connectivity index (χ4v) is 2.33. The lowest BCUT2D eigenvalue weighted by Gasteiger charge is -2.17. The van der Waals surface area contributed by atoms with E-state index in [-0.39, 0.29) is 37.9 Å². The number of carbonyl (C=O) groups excluding carboxylic acids is 2. The van der Waals surface area contributed by atoms with E-state index in [1.54, 1.807) is 36.4 Å². The standard InChI is InChI=1S/C10H18O7.C10H8O2/c1-7(13)16-9(3-11)5-15-6-10(4-12)17-8(2)14;11-9-5-1-3-7-8(9)4-2-6-10(7)12/h9-12H,3-6H2,1-2H3;1-6,11-12H. The number of aliphatic hydroxyl groups excluding tert-OH is 2. The van der Waals surface area contributed by atoms with Crippen LogP contribution in [0.2, 0.25) is 0 Å². The van der Waals surface area contributed by atoms with Gasteiger partial charge in [-0.25, -0.2) is 0 Å². The smallest absolute Gasteiger partial charge is 0.303 e. The molecule has 0 saturated carbocycles. The molecule has 2 aromatic carbocycles. The Morgan fingerprint density at radius 1 is 0.793 bits per heavy atom. The number of esters is 2. The van der Waals surface area contributed by atoms with Gasteiger partial charge in [-0.3, -0.25) is 9.59 Å². The van der Waals surface area contributed by atoms with Crippen molar-refractivity contribution in [2.75, 3.05) is 26.4 Å². The van der Waals surface area contributed by atoms with Crippen LogP contribution in [0.1, 0.15) is 13.8 Å². The Balaban J connectivity index is 0.000000304. The van der Waals surface area contributed by atoms with Crippen LogP contribution in [-0.2, 0) is 23.8 Å². The first-order valence-corrected chi connectivity index (χ1v) is 8.82. The third kappa shape index (κ3) is 8.77. The molecule has 0 bridgehead atoms. The fourth-order valence-electron chi connectivity index (χ4n) is 2.33. The van der Waals surface area contributed by atoms with Crippen molar-refractivity contribution < 1.29 is 44.2 Å². The quantitative estimate of drug-likeness (QED) is 0.470. The molecule has 0 radical (unpaired) electrons. The Morgan fingerprint density at radius 3 is 1.48 bits per heavy atom. The predicted molar refractivity (Wildman–Crippen MR) is 103 cm³/mol. The lowest BCUT2D eigenvalue weighted by molar-refractivity contribution is -0.157. The van der Waals surface area contributed by atoms with Gasteiger partial charge in [0.15, 0.2) is 0 Å². The third-order valence-electron chi connectivity index (χ3n) is 3.56. The van der Waals surface area contributed by atoms with E-state index in [2.05, 4.69) is 0 Å². The number of benzene rings is 2. The van der Waals surface area contributed by atoms with Gasteiger partial charge in [-0.05, 0) is 12.1 Å². The highest BCUT2D eigenvalue weighted by Crippen LogP contribution is 2.29. The van der Waals surface area contributed by atoms with Crippen molar-refractivity contribution in [3.05, 3.63) is 36.4 Å². The zero-order valence-corrected chi connectivity index (χ0v) is 16.3. The molecule has 4 N–H and O–H groups in total. The molecule has 0 aliphatic rings. The zero-order valence-electron chi connectivity index (χ0n) is 16.3. The summed E-state index contributed by atoms with van der Waals surface area (Å²) in [5.74, 6) is -0.649. The number of ether oxygens (including phenoxy) is 3. The van der Waals surface area contributed by atoms with Gasteiger partial charge in [0.2, 0.25) is 0 Å². The van der Waals surface area contributed by atoms with Gasteiger partial charge in [-0.2, -0.15) is 0 Å². The normalized spacial score (nSPS) is 12.4. The highest BCUT2D eigenvalue weighted by atomic mass is 16.6. The van der Waals surface area contributed by atoms with E-state index in [1.807, 2.05) is 0 Å². The Bertz CT molecular complexity index is 725. The number of hydrogen-bond donors (Lipinski definition) is 4. The van der Waals surface area contributed by atoms with Gasteiger partial charge < -0.3 is 34.6 Å². The molecule has 0 fully saturated rings. The maximum atomic E-state index is 10.6. The molecule has 0 amide bonds. The molecule has 29 heavy (non-hydrogen) atoms. The molecule has 0 aliphatic heterocycles. The van der Waals surface area contributed by atoms with E-state index < -0.39 is 24.1 Å². The van der Waals surface area contributed by atoms with Gasteiger partial charge in [0.1, 0.15) is 23.7 Å². The SMILES string of the molecule is CC(=O)OC(CO)COCC(CO)OC(C)=O.Oc1cccc2c(O)cccc12. The predicted octanol–water partition coefficient (Wildman–Crippen LogP) is 1.10. The molecule has 2 unspecified atom stereocenters. The van der Waals surface area contributed by atoms with Gasteiger partial charge in [0.25, 0.3) is 0 Å². The molecule has 2 atom stereocenters. The minimum Gasteiger partial charge on any atom is -0.507 e. The van der Waals surface area contributed by atoms with E-state index in [4.69, 9.17) is 24.4 Å². The Morgan fingerprint density at radius 2 is 1.17 bits per heavy atom. The van der Waals surface area contributed by atoms with E-state index in [9.17, 15) is 19.8 Å². The van der Waals surface area contributed by atoms with Crippen molar-refractivity contribution >= 4 is 22.7 Å². The molecule has 0 heterocycles. The van der Waals surface area contributed by atoms with Gasteiger partial charge in [0.05, 0.1) is 26.4 Å². The average Bonchev–Trinajstić information content (AvgIpc) is 2.67. The summed E-state index contributed by atoms with van der Waals surface area (Å²) in [6.07, 6.45) is -1.52. The van der Waals surface area contributed by atoms with E-state index in [1.165, 1.54) is 13.8 Å². The number of carbonyl (C=O) groups is 2. The first kappa shape index (κ1) is 24.2. The van der Waals surface area contributed by atoms with Gasteiger partial charge >= 0.3 is 11.9 Å². The number of aromatic hydroxyl groups is 2. The first-order chi connectivity index (χ1) is 13.8. The summed E-state index contributed by atoms with van der Waals surface area (Å²) in [6, 6.07) is 10.1. The van der Waals surface area contributed by atoms with Gasteiger partial charge in [-0.1, -0.05) is 24.3 Å². The maximum Gasteiger partial charge on any atom is 0.303 e. The number of phenols is 2.